The first-order chi connectivity index (χ1) is 5.74. The summed E-state index contributed by atoms with van der Waals surface area (Å²) in [4.78, 5) is 5.21. The lowest BCUT2D eigenvalue weighted by Crippen LogP contribution is -1.83. The van der Waals surface area contributed by atoms with Crippen molar-refractivity contribution in [2.24, 2.45) is 0 Å². The van der Waals surface area contributed by atoms with Gasteiger partial charge in [0.05, 0.1) is 16.0 Å². The molecule has 68 valence electrons. The van der Waals surface area contributed by atoms with E-state index in [4.69, 9.17) is 0 Å². The summed E-state index contributed by atoms with van der Waals surface area (Å²) in [6.07, 6.45) is 4.85. The number of hydrogen-bond donors (Lipinski definition) is 1. The van der Waals surface area contributed by atoms with E-state index in [1.165, 1.54) is 12.8 Å². The van der Waals surface area contributed by atoms with Crippen molar-refractivity contribution in [1.82, 2.24) is 4.98 Å². The number of hydrogen-bond acceptors (Lipinski definition) is 3. The van der Waals surface area contributed by atoms with Gasteiger partial charge in [0.1, 0.15) is 0 Å². The predicted octanol–water partition coefficient (Wildman–Crippen LogP) is 2.54. The average molecular weight is 185 g/mol. The molecule has 3 heteroatoms. The van der Waals surface area contributed by atoms with Crippen LogP contribution in [0.2, 0.25) is 0 Å². The Labute approximate surface area is 77.3 Å². The minimum atomic E-state index is -0.363. The highest BCUT2D eigenvalue weighted by molar-refractivity contribution is 7.11. The Balaban J connectivity index is 2.52. The van der Waals surface area contributed by atoms with Crippen LogP contribution in [0.1, 0.15) is 42.7 Å². The van der Waals surface area contributed by atoms with E-state index in [1.54, 1.807) is 24.5 Å². The highest BCUT2D eigenvalue weighted by Gasteiger charge is 2.05. The molecule has 1 aromatic heterocycles. The highest BCUT2D eigenvalue weighted by Crippen LogP contribution is 2.21. The molecule has 2 nitrogen and oxygen atoms in total. The molecule has 0 fully saturated rings. The molecule has 1 rings (SSSR count). The Hall–Kier alpha value is -0.410. The van der Waals surface area contributed by atoms with Gasteiger partial charge in [0.2, 0.25) is 0 Å². The van der Waals surface area contributed by atoms with Gasteiger partial charge in [0.25, 0.3) is 0 Å². The van der Waals surface area contributed by atoms with Crippen molar-refractivity contribution < 1.29 is 5.11 Å². The molecule has 0 amide bonds. The van der Waals surface area contributed by atoms with E-state index in [9.17, 15) is 5.11 Å². The van der Waals surface area contributed by atoms with Crippen LogP contribution in [0, 0.1) is 0 Å². The summed E-state index contributed by atoms with van der Waals surface area (Å²) in [5, 5.41) is 10.4. The topological polar surface area (TPSA) is 33.1 Å². The van der Waals surface area contributed by atoms with Gasteiger partial charge in [-0.2, -0.15) is 0 Å². The zero-order chi connectivity index (χ0) is 8.97. The Morgan fingerprint density at radius 1 is 1.67 bits per heavy atom. The molecule has 1 aromatic rings. The molecule has 0 aromatic carbocycles. The minimum Gasteiger partial charge on any atom is -0.388 e. The van der Waals surface area contributed by atoms with Crippen LogP contribution in [0.25, 0.3) is 0 Å². The quantitative estimate of drug-likeness (QED) is 0.782. The SMILES string of the molecule is CCCCc1ncc(C(C)O)s1. The molecule has 0 aliphatic rings. The van der Waals surface area contributed by atoms with Gasteiger partial charge < -0.3 is 5.11 Å². The number of aliphatic hydroxyl groups excluding tert-OH is 1. The zero-order valence-electron chi connectivity index (χ0n) is 7.58. The second kappa shape index (κ2) is 4.58. The molecular formula is C9H15NOS. The lowest BCUT2D eigenvalue weighted by molar-refractivity contribution is 0.203. The maximum Gasteiger partial charge on any atom is 0.0928 e. The zero-order valence-corrected chi connectivity index (χ0v) is 8.40. The van der Waals surface area contributed by atoms with Crippen LogP contribution in [0.5, 0.6) is 0 Å². The first-order valence-electron chi connectivity index (χ1n) is 4.36. The van der Waals surface area contributed by atoms with Crippen molar-refractivity contribution in [3.8, 4) is 0 Å². The van der Waals surface area contributed by atoms with Crippen LogP contribution in [-0.4, -0.2) is 10.1 Å². The fourth-order valence-corrected chi connectivity index (χ4v) is 1.86. The monoisotopic (exact) mass is 185 g/mol. The van der Waals surface area contributed by atoms with Crippen LogP contribution >= 0.6 is 11.3 Å². The molecule has 0 saturated heterocycles. The molecule has 0 saturated carbocycles. The maximum atomic E-state index is 9.23. The van der Waals surface area contributed by atoms with E-state index in [0.29, 0.717) is 0 Å². The van der Waals surface area contributed by atoms with Crippen molar-refractivity contribution >= 4 is 11.3 Å². The summed E-state index contributed by atoms with van der Waals surface area (Å²) in [5.41, 5.74) is 0. The lowest BCUT2D eigenvalue weighted by atomic mass is 10.3. The molecule has 1 unspecified atom stereocenters. The number of aromatic nitrogens is 1. The van der Waals surface area contributed by atoms with Gasteiger partial charge in [-0.15, -0.1) is 11.3 Å². The van der Waals surface area contributed by atoms with Gasteiger partial charge in [-0.05, 0) is 19.8 Å². The average Bonchev–Trinajstić information content (AvgIpc) is 2.48. The second-order valence-corrected chi connectivity index (χ2v) is 4.08. The summed E-state index contributed by atoms with van der Waals surface area (Å²) < 4.78 is 0. The highest BCUT2D eigenvalue weighted by atomic mass is 32.1. The third-order valence-corrected chi connectivity index (χ3v) is 2.95. The van der Waals surface area contributed by atoms with Gasteiger partial charge in [0.15, 0.2) is 0 Å². The Bertz CT molecular complexity index is 232. The molecule has 12 heavy (non-hydrogen) atoms. The molecule has 0 spiro atoms. The van der Waals surface area contributed by atoms with Crippen molar-refractivity contribution in [1.29, 1.82) is 0 Å². The first kappa shape index (κ1) is 9.68. The fourth-order valence-electron chi connectivity index (χ4n) is 0.961. The molecule has 1 atom stereocenters. The van der Waals surface area contributed by atoms with Gasteiger partial charge >= 0.3 is 0 Å². The van der Waals surface area contributed by atoms with Crippen molar-refractivity contribution in [3.05, 3.63) is 16.1 Å². The molecule has 0 aliphatic carbocycles. The third kappa shape index (κ3) is 2.57. The number of aliphatic hydroxyl groups is 1. The lowest BCUT2D eigenvalue weighted by Gasteiger charge is -1.95. The van der Waals surface area contributed by atoms with E-state index >= 15 is 0 Å². The maximum absolute atomic E-state index is 9.23. The van der Waals surface area contributed by atoms with Crippen LogP contribution in [0.3, 0.4) is 0 Å². The molecule has 0 radical (unpaired) electrons. The second-order valence-electron chi connectivity index (χ2n) is 2.94. The van der Waals surface area contributed by atoms with Gasteiger partial charge in [0, 0.05) is 6.20 Å². The summed E-state index contributed by atoms with van der Waals surface area (Å²) in [7, 11) is 0. The van der Waals surface area contributed by atoms with Gasteiger partial charge in [-0.1, -0.05) is 13.3 Å². The number of unbranched alkanes of at least 4 members (excludes halogenated alkanes) is 1. The molecule has 0 bridgehead atoms. The predicted molar refractivity (Wildman–Crippen MR) is 51.4 cm³/mol. The van der Waals surface area contributed by atoms with Gasteiger partial charge in [-0.25, -0.2) is 4.98 Å². The number of nitrogens with zero attached hydrogens (tertiary/aromatic N) is 1. The van der Waals surface area contributed by atoms with E-state index in [-0.39, 0.29) is 6.10 Å². The summed E-state index contributed by atoms with van der Waals surface area (Å²) in [6.45, 7) is 3.94. The summed E-state index contributed by atoms with van der Waals surface area (Å²) >= 11 is 1.62. The minimum absolute atomic E-state index is 0.363. The van der Waals surface area contributed by atoms with Crippen LogP contribution in [-0.2, 0) is 6.42 Å². The van der Waals surface area contributed by atoms with Crippen LogP contribution in [0.4, 0.5) is 0 Å². The number of rotatable bonds is 4. The Morgan fingerprint density at radius 3 is 2.92 bits per heavy atom. The van der Waals surface area contributed by atoms with Crippen molar-refractivity contribution in [3.63, 3.8) is 0 Å². The third-order valence-electron chi connectivity index (χ3n) is 1.73. The van der Waals surface area contributed by atoms with Crippen molar-refractivity contribution in [2.75, 3.05) is 0 Å². The summed E-state index contributed by atoms with van der Waals surface area (Å²) in [5.74, 6) is 0. The standard InChI is InChI=1S/C9H15NOS/c1-3-4-5-9-10-6-8(12-9)7(2)11/h6-7,11H,3-5H2,1-2H3. The van der Waals surface area contributed by atoms with Crippen molar-refractivity contribution in [2.45, 2.75) is 39.2 Å². The van der Waals surface area contributed by atoms with E-state index in [1.807, 2.05) is 0 Å². The molecule has 0 aliphatic heterocycles. The molecule has 1 N–H and O–H groups in total. The number of thiazole rings is 1. The Kier molecular flexibility index (Phi) is 3.69. The van der Waals surface area contributed by atoms with Crippen LogP contribution < -0.4 is 0 Å². The summed E-state index contributed by atoms with van der Waals surface area (Å²) in [6, 6.07) is 0. The smallest absolute Gasteiger partial charge is 0.0928 e. The van der Waals surface area contributed by atoms with E-state index < -0.39 is 0 Å². The van der Waals surface area contributed by atoms with Gasteiger partial charge in [-0.3, -0.25) is 0 Å². The largest absolute Gasteiger partial charge is 0.388 e. The fraction of sp³-hybridized carbons (Fsp3) is 0.667. The van der Waals surface area contributed by atoms with Crippen LogP contribution in [0.15, 0.2) is 6.20 Å². The normalized spacial score (nSPS) is 13.2. The molecule has 1 heterocycles. The molecular weight excluding hydrogens is 170 g/mol. The van der Waals surface area contributed by atoms with E-state index in [0.717, 1.165) is 16.3 Å². The first-order valence-corrected chi connectivity index (χ1v) is 5.18. The number of aryl methyl sites for hydroxylation is 1. The van der Waals surface area contributed by atoms with E-state index in [2.05, 4.69) is 11.9 Å². The Morgan fingerprint density at radius 2 is 2.42 bits per heavy atom.